The number of rotatable bonds is 15. The summed E-state index contributed by atoms with van der Waals surface area (Å²) in [6, 6.07) is 7.49. The summed E-state index contributed by atoms with van der Waals surface area (Å²) in [6.45, 7) is 3.01. The van der Waals surface area contributed by atoms with Crippen LogP contribution in [-0.2, 0) is 30.4 Å². The Morgan fingerprint density at radius 3 is 2.19 bits per heavy atom. The number of hydrogen-bond donors (Lipinski definition) is 4. The predicted molar refractivity (Wildman–Crippen MR) is 124 cm³/mol. The molecule has 4 N–H and O–H groups in total. The average Bonchev–Trinajstić information content (AvgIpc) is 2.78. The van der Waals surface area contributed by atoms with Crippen molar-refractivity contribution in [3.8, 4) is 0 Å². The molecule has 2 atom stereocenters. The van der Waals surface area contributed by atoms with Crippen LogP contribution in [0.2, 0.25) is 0 Å². The van der Waals surface area contributed by atoms with E-state index >= 15 is 0 Å². The van der Waals surface area contributed by atoms with E-state index in [0.29, 0.717) is 18.6 Å². The first kappa shape index (κ1) is 27.2. The summed E-state index contributed by atoms with van der Waals surface area (Å²) >= 11 is 1.53. The number of benzene rings is 1. The van der Waals surface area contributed by atoms with Gasteiger partial charge < -0.3 is 21.3 Å². The highest BCUT2D eigenvalue weighted by atomic mass is 32.2. The molecule has 0 heterocycles. The molecular weight excluding hydrogens is 432 g/mol. The molecule has 0 aliphatic heterocycles. The number of thioether (sulfide) groups is 1. The van der Waals surface area contributed by atoms with E-state index in [1.165, 1.54) is 11.8 Å². The minimum Gasteiger partial charge on any atom is -0.347 e. The van der Waals surface area contributed by atoms with Crippen LogP contribution >= 0.6 is 11.8 Å². The molecule has 0 aromatic heterocycles. The monoisotopic (exact) mass is 464 g/mol. The van der Waals surface area contributed by atoms with Gasteiger partial charge in [0.25, 0.3) is 0 Å². The Labute approximate surface area is 192 Å². The summed E-state index contributed by atoms with van der Waals surface area (Å²) in [6.07, 6.45) is 2.99. The van der Waals surface area contributed by atoms with E-state index in [1.807, 2.05) is 36.6 Å². The Kier molecular flexibility index (Phi) is 12.7. The van der Waals surface area contributed by atoms with Crippen molar-refractivity contribution in [2.45, 2.75) is 38.8 Å². The van der Waals surface area contributed by atoms with Crippen molar-refractivity contribution in [2.75, 3.05) is 25.1 Å². The molecule has 2 unspecified atom stereocenters. The van der Waals surface area contributed by atoms with Crippen molar-refractivity contribution >= 4 is 41.7 Å². The molecule has 4 amide bonds. The molecule has 0 spiro atoms. The molecule has 176 valence electrons. The van der Waals surface area contributed by atoms with Crippen LogP contribution in [0.3, 0.4) is 0 Å². The van der Waals surface area contributed by atoms with E-state index in [2.05, 4.69) is 21.3 Å². The van der Waals surface area contributed by atoms with Crippen LogP contribution in [0, 0.1) is 5.92 Å². The summed E-state index contributed by atoms with van der Waals surface area (Å²) in [4.78, 5) is 59.9. The molecule has 0 saturated heterocycles. The van der Waals surface area contributed by atoms with E-state index in [0.717, 1.165) is 5.56 Å². The van der Waals surface area contributed by atoms with Crippen molar-refractivity contribution in [1.29, 1.82) is 0 Å². The molecule has 0 radical (unpaired) electrons. The zero-order valence-electron chi connectivity index (χ0n) is 18.7. The predicted octanol–water partition coefficient (Wildman–Crippen LogP) is 0.0391. The lowest BCUT2D eigenvalue weighted by atomic mass is 10.0. The van der Waals surface area contributed by atoms with Gasteiger partial charge in [-0.15, -0.1) is 0 Å². The molecule has 10 heteroatoms. The molecular formula is C22H32N4O5S. The summed E-state index contributed by atoms with van der Waals surface area (Å²) in [5.74, 6) is -1.18. The second-order valence-electron chi connectivity index (χ2n) is 7.49. The first-order chi connectivity index (χ1) is 15.3. The Bertz CT molecular complexity index is 773. The Hall–Kier alpha value is -2.88. The highest BCUT2D eigenvalue weighted by Gasteiger charge is 2.23. The fraction of sp³-hybridized carbons (Fsp3) is 0.500. The van der Waals surface area contributed by atoms with Crippen molar-refractivity contribution in [1.82, 2.24) is 21.3 Å². The van der Waals surface area contributed by atoms with Gasteiger partial charge in [-0.3, -0.25) is 24.0 Å². The molecule has 1 aromatic carbocycles. The lowest BCUT2D eigenvalue weighted by Gasteiger charge is -2.20. The lowest BCUT2D eigenvalue weighted by molar-refractivity contribution is -0.131. The first-order valence-corrected chi connectivity index (χ1v) is 11.8. The van der Waals surface area contributed by atoms with Crippen LogP contribution in [0.4, 0.5) is 0 Å². The van der Waals surface area contributed by atoms with E-state index in [1.54, 1.807) is 13.8 Å². The van der Waals surface area contributed by atoms with E-state index in [9.17, 15) is 24.0 Å². The number of ketones is 1. The second-order valence-corrected chi connectivity index (χ2v) is 8.47. The van der Waals surface area contributed by atoms with Crippen LogP contribution in [0.1, 0.15) is 25.8 Å². The van der Waals surface area contributed by atoms with Gasteiger partial charge in [0.15, 0.2) is 5.78 Å². The number of nitrogens with one attached hydrogen (secondary N) is 4. The minimum atomic E-state index is -0.915. The standard InChI is InChI=1S/C22H32N4O5S/c1-15(2)19(28)12-23-22(31)18(11-16-7-5-4-6-8-16)26-20(29)13-24-21(30)17(25-14-27)9-10-32-3/h4-8,14-15,17-18H,9-13H2,1-3H3,(H,23,31)(H,24,30)(H,25,27)(H,26,29). The maximum atomic E-state index is 12.6. The third-order valence-electron chi connectivity index (χ3n) is 4.63. The average molecular weight is 465 g/mol. The number of carbonyl (C=O) groups is 5. The van der Waals surface area contributed by atoms with Crippen LogP contribution in [-0.4, -0.2) is 67.1 Å². The number of amides is 4. The van der Waals surface area contributed by atoms with Crippen LogP contribution in [0.5, 0.6) is 0 Å². The van der Waals surface area contributed by atoms with Gasteiger partial charge in [-0.25, -0.2) is 0 Å². The third-order valence-corrected chi connectivity index (χ3v) is 5.28. The Morgan fingerprint density at radius 1 is 0.969 bits per heavy atom. The topological polar surface area (TPSA) is 133 Å². The highest BCUT2D eigenvalue weighted by Crippen LogP contribution is 2.04. The minimum absolute atomic E-state index is 0.116. The van der Waals surface area contributed by atoms with Gasteiger partial charge in [0.05, 0.1) is 13.1 Å². The Balaban J connectivity index is 2.72. The van der Waals surface area contributed by atoms with E-state index < -0.39 is 29.8 Å². The second kappa shape index (κ2) is 15.0. The molecule has 0 bridgehead atoms. The maximum absolute atomic E-state index is 12.6. The zero-order valence-corrected chi connectivity index (χ0v) is 19.5. The van der Waals surface area contributed by atoms with Gasteiger partial charge in [-0.1, -0.05) is 44.2 Å². The van der Waals surface area contributed by atoms with Crippen molar-refractivity contribution in [3.63, 3.8) is 0 Å². The zero-order chi connectivity index (χ0) is 23.9. The van der Waals surface area contributed by atoms with Gasteiger partial charge in [-0.05, 0) is 24.0 Å². The highest BCUT2D eigenvalue weighted by molar-refractivity contribution is 7.98. The summed E-state index contributed by atoms with van der Waals surface area (Å²) in [5.41, 5.74) is 0.833. The van der Waals surface area contributed by atoms with E-state index in [4.69, 9.17) is 0 Å². The quantitative estimate of drug-likeness (QED) is 0.271. The molecule has 0 fully saturated rings. The largest absolute Gasteiger partial charge is 0.347 e. The van der Waals surface area contributed by atoms with Crippen LogP contribution in [0.25, 0.3) is 0 Å². The van der Waals surface area contributed by atoms with Gasteiger partial charge in [0, 0.05) is 12.3 Å². The number of hydrogen-bond acceptors (Lipinski definition) is 6. The van der Waals surface area contributed by atoms with Crippen molar-refractivity contribution < 1.29 is 24.0 Å². The smallest absolute Gasteiger partial charge is 0.243 e. The SMILES string of the molecule is CSCCC(NC=O)C(=O)NCC(=O)NC(Cc1ccccc1)C(=O)NCC(=O)C(C)C. The fourth-order valence-corrected chi connectivity index (χ4v) is 3.18. The van der Waals surface area contributed by atoms with E-state index in [-0.39, 0.29) is 31.2 Å². The van der Waals surface area contributed by atoms with Gasteiger partial charge in [0.2, 0.25) is 24.1 Å². The molecule has 1 aromatic rings. The molecule has 0 aliphatic carbocycles. The summed E-state index contributed by atoms with van der Waals surface area (Å²) < 4.78 is 0. The molecule has 9 nitrogen and oxygen atoms in total. The fourth-order valence-electron chi connectivity index (χ4n) is 2.70. The summed E-state index contributed by atoms with van der Waals surface area (Å²) in [7, 11) is 0. The van der Waals surface area contributed by atoms with Crippen LogP contribution in [0.15, 0.2) is 30.3 Å². The summed E-state index contributed by atoms with van der Waals surface area (Å²) in [5, 5.41) is 10.1. The Morgan fingerprint density at radius 2 is 1.59 bits per heavy atom. The maximum Gasteiger partial charge on any atom is 0.243 e. The van der Waals surface area contributed by atoms with Crippen molar-refractivity contribution in [3.05, 3.63) is 35.9 Å². The lowest BCUT2D eigenvalue weighted by Crippen LogP contribution is -2.52. The van der Waals surface area contributed by atoms with Crippen molar-refractivity contribution in [2.24, 2.45) is 5.92 Å². The molecule has 0 saturated carbocycles. The van der Waals surface area contributed by atoms with Crippen LogP contribution < -0.4 is 21.3 Å². The molecule has 0 aliphatic rings. The molecule has 1 rings (SSSR count). The normalized spacial score (nSPS) is 12.4. The molecule has 32 heavy (non-hydrogen) atoms. The van der Waals surface area contributed by atoms with Gasteiger partial charge in [-0.2, -0.15) is 11.8 Å². The number of carbonyl (C=O) groups excluding carboxylic acids is 5. The van der Waals surface area contributed by atoms with Gasteiger partial charge in [0.1, 0.15) is 12.1 Å². The third kappa shape index (κ3) is 10.4. The van der Waals surface area contributed by atoms with Gasteiger partial charge >= 0.3 is 0 Å². The first-order valence-electron chi connectivity index (χ1n) is 10.4. The number of Topliss-reactive ketones (excluding diaryl/α,β-unsaturated/α-hetero) is 1.